The summed E-state index contributed by atoms with van der Waals surface area (Å²) < 4.78 is 0. The van der Waals surface area contributed by atoms with Crippen molar-refractivity contribution in [3.63, 3.8) is 0 Å². The highest BCUT2D eigenvalue weighted by Gasteiger charge is 2.34. The predicted octanol–water partition coefficient (Wildman–Crippen LogP) is 0.347. The van der Waals surface area contributed by atoms with E-state index in [1.165, 1.54) is 16.7 Å². The molecule has 3 N–H and O–H groups in total. The summed E-state index contributed by atoms with van der Waals surface area (Å²) in [5, 5.41) is 8.93. The number of amides is 1. The minimum absolute atomic E-state index is 0.0716. The molecule has 0 saturated carbocycles. The second-order valence-electron chi connectivity index (χ2n) is 4.10. The van der Waals surface area contributed by atoms with Crippen molar-refractivity contribution in [1.29, 1.82) is 0 Å². The Morgan fingerprint density at radius 3 is 2.88 bits per heavy atom. The molecule has 1 rings (SSSR count). The number of nitrogens with two attached hydrogens (primary N) is 1. The summed E-state index contributed by atoms with van der Waals surface area (Å²) in [5.74, 6) is 0.311. The van der Waals surface area contributed by atoms with Crippen molar-refractivity contribution < 1.29 is 14.7 Å². The first-order valence-corrected chi connectivity index (χ1v) is 6.51. The zero-order chi connectivity index (χ0) is 12.1. The molecule has 1 saturated heterocycles. The van der Waals surface area contributed by atoms with Crippen LogP contribution in [0.2, 0.25) is 0 Å². The summed E-state index contributed by atoms with van der Waals surface area (Å²) in [4.78, 5) is 24.1. The van der Waals surface area contributed by atoms with Gasteiger partial charge in [0.05, 0.1) is 5.88 Å². The smallest absolute Gasteiger partial charge is 0.327 e. The Bertz CT molecular complexity index is 273. The normalized spacial score (nSPS) is 22.1. The number of hydrogen-bond donors (Lipinski definition) is 2. The van der Waals surface area contributed by atoms with Crippen molar-refractivity contribution >= 4 is 23.6 Å². The molecule has 92 valence electrons. The van der Waals surface area contributed by atoms with Crippen LogP contribution in [0.25, 0.3) is 0 Å². The van der Waals surface area contributed by atoms with Gasteiger partial charge in [0.15, 0.2) is 0 Å². The number of nitrogens with zero attached hydrogens (tertiary/aromatic N) is 1. The fourth-order valence-electron chi connectivity index (χ4n) is 1.52. The van der Waals surface area contributed by atoms with Crippen molar-refractivity contribution in [1.82, 2.24) is 4.90 Å². The van der Waals surface area contributed by atoms with Gasteiger partial charge < -0.3 is 15.7 Å². The highest BCUT2D eigenvalue weighted by atomic mass is 32.2. The molecule has 1 aliphatic heterocycles. The summed E-state index contributed by atoms with van der Waals surface area (Å²) in [6.45, 7) is 2.55. The van der Waals surface area contributed by atoms with E-state index in [9.17, 15) is 9.59 Å². The quantitative estimate of drug-likeness (QED) is 0.731. The second kappa shape index (κ2) is 6.10. The van der Waals surface area contributed by atoms with E-state index < -0.39 is 12.0 Å². The lowest BCUT2D eigenvalue weighted by Crippen LogP contribution is -2.41. The van der Waals surface area contributed by atoms with Gasteiger partial charge in [-0.05, 0) is 18.9 Å². The van der Waals surface area contributed by atoms with E-state index >= 15 is 0 Å². The number of rotatable bonds is 5. The molecule has 0 bridgehead atoms. The zero-order valence-corrected chi connectivity index (χ0v) is 10.2. The summed E-state index contributed by atoms with van der Waals surface area (Å²) in [6, 6.07) is -0.648. The Morgan fingerprint density at radius 2 is 2.31 bits per heavy atom. The van der Waals surface area contributed by atoms with E-state index in [1.807, 2.05) is 6.92 Å². The molecule has 0 aromatic heterocycles. The maximum Gasteiger partial charge on any atom is 0.327 e. The first kappa shape index (κ1) is 13.3. The lowest BCUT2D eigenvalue weighted by Gasteiger charge is -2.21. The van der Waals surface area contributed by atoms with Gasteiger partial charge in [-0.1, -0.05) is 6.92 Å². The van der Waals surface area contributed by atoms with Crippen molar-refractivity contribution in [2.45, 2.75) is 25.8 Å². The standard InChI is InChI=1S/C10H18N2O3S/c1-7(4-11)2-3-9(13)12-6-16-5-8(12)10(14)15/h7-8H,2-6,11H2,1H3,(H,14,15). The van der Waals surface area contributed by atoms with Crippen LogP contribution < -0.4 is 5.73 Å². The fourth-order valence-corrected chi connectivity index (χ4v) is 2.70. The number of thioether (sulfide) groups is 1. The molecule has 1 aliphatic rings. The highest BCUT2D eigenvalue weighted by Crippen LogP contribution is 2.22. The number of carboxylic acids is 1. The number of carbonyl (C=O) groups is 2. The summed E-state index contributed by atoms with van der Waals surface area (Å²) in [5.41, 5.74) is 5.46. The number of carbonyl (C=O) groups excluding carboxylic acids is 1. The van der Waals surface area contributed by atoms with E-state index in [1.54, 1.807) is 0 Å². The maximum absolute atomic E-state index is 11.8. The highest BCUT2D eigenvalue weighted by molar-refractivity contribution is 7.99. The molecule has 0 aliphatic carbocycles. The molecule has 1 fully saturated rings. The van der Waals surface area contributed by atoms with Gasteiger partial charge in [0, 0.05) is 12.2 Å². The molecule has 2 atom stereocenters. The first-order valence-electron chi connectivity index (χ1n) is 5.36. The van der Waals surface area contributed by atoms with Crippen LogP contribution in [-0.2, 0) is 9.59 Å². The van der Waals surface area contributed by atoms with Gasteiger partial charge in [-0.3, -0.25) is 4.79 Å². The SMILES string of the molecule is CC(CN)CCC(=O)N1CSCC1C(=O)O. The summed E-state index contributed by atoms with van der Waals surface area (Å²) in [6.07, 6.45) is 1.12. The average Bonchev–Trinajstić information content (AvgIpc) is 2.74. The van der Waals surface area contributed by atoms with Crippen LogP contribution in [0.4, 0.5) is 0 Å². The van der Waals surface area contributed by atoms with Crippen molar-refractivity contribution in [3.05, 3.63) is 0 Å². The van der Waals surface area contributed by atoms with Gasteiger partial charge in [0.1, 0.15) is 6.04 Å². The third-order valence-electron chi connectivity index (χ3n) is 2.74. The van der Waals surface area contributed by atoms with Crippen LogP contribution in [0.15, 0.2) is 0 Å². The van der Waals surface area contributed by atoms with Crippen molar-refractivity contribution in [2.24, 2.45) is 11.7 Å². The van der Waals surface area contributed by atoms with Gasteiger partial charge in [0.2, 0.25) is 5.91 Å². The summed E-state index contributed by atoms with van der Waals surface area (Å²) >= 11 is 1.49. The molecular formula is C10H18N2O3S. The van der Waals surface area contributed by atoms with Crippen molar-refractivity contribution in [2.75, 3.05) is 18.2 Å². The minimum atomic E-state index is -0.912. The van der Waals surface area contributed by atoms with Gasteiger partial charge in [-0.2, -0.15) is 0 Å². The first-order chi connectivity index (χ1) is 7.56. The fraction of sp³-hybridized carbons (Fsp3) is 0.800. The Hall–Kier alpha value is -0.750. The van der Waals surface area contributed by atoms with Gasteiger partial charge in [-0.15, -0.1) is 11.8 Å². The maximum atomic E-state index is 11.8. The third-order valence-corrected chi connectivity index (χ3v) is 3.75. The Balaban J connectivity index is 2.44. The van der Waals surface area contributed by atoms with E-state index in [0.29, 0.717) is 30.5 Å². The summed E-state index contributed by atoms with van der Waals surface area (Å²) in [7, 11) is 0. The van der Waals surface area contributed by atoms with Crippen LogP contribution in [0, 0.1) is 5.92 Å². The van der Waals surface area contributed by atoms with E-state index in [4.69, 9.17) is 10.8 Å². The van der Waals surface area contributed by atoms with Gasteiger partial charge >= 0.3 is 5.97 Å². The average molecular weight is 246 g/mol. The zero-order valence-electron chi connectivity index (χ0n) is 9.39. The third kappa shape index (κ3) is 3.38. The van der Waals surface area contributed by atoms with E-state index in [-0.39, 0.29) is 5.91 Å². The number of aliphatic carboxylic acids is 1. The molecule has 2 unspecified atom stereocenters. The molecule has 0 aromatic rings. The second-order valence-corrected chi connectivity index (χ2v) is 5.10. The predicted molar refractivity (Wildman–Crippen MR) is 63.0 cm³/mol. The molecule has 1 heterocycles. The van der Waals surface area contributed by atoms with Gasteiger partial charge in [0.25, 0.3) is 0 Å². The molecule has 1 amide bonds. The van der Waals surface area contributed by atoms with Crippen LogP contribution >= 0.6 is 11.8 Å². The van der Waals surface area contributed by atoms with E-state index in [2.05, 4.69) is 0 Å². The Morgan fingerprint density at radius 1 is 1.62 bits per heavy atom. The molecule has 16 heavy (non-hydrogen) atoms. The number of carboxylic acid groups (broad SMARTS) is 1. The Labute approximate surface area is 99.4 Å². The van der Waals surface area contributed by atoms with Crippen LogP contribution in [0.1, 0.15) is 19.8 Å². The largest absolute Gasteiger partial charge is 0.480 e. The van der Waals surface area contributed by atoms with Crippen LogP contribution in [-0.4, -0.2) is 46.1 Å². The van der Waals surface area contributed by atoms with Crippen molar-refractivity contribution in [3.8, 4) is 0 Å². The monoisotopic (exact) mass is 246 g/mol. The molecule has 6 heteroatoms. The van der Waals surface area contributed by atoms with Crippen LogP contribution in [0.3, 0.4) is 0 Å². The van der Waals surface area contributed by atoms with Gasteiger partial charge in [-0.25, -0.2) is 4.79 Å². The molecule has 5 nitrogen and oxygen atoms in total. The van der Waals surface area contributed by atoms with Crippen LogP contribution in [0.5, 0.6) is 0 Å². The lowest BCUT2D eigenvalue weighted by atomic mass is 10.1. The topological polar surface area (TPSA) is 83.6 Å². The lowest BCUT2D eigenvalue weighted by molar-refractivity contribution is -0.147. The molecular weight excluding hydrogens is 228 g/mol. The minimum Gasteiger partial charge on any atom is -0.480 e. The molecule has 0 spiro atoms. The molecule has 0 aromatic carbocycles. The molecule has 0 radical (unpaired) electrons. The Kier molecular flexibility index (Phi) is 5.08. The van der Waals surface area contributed by atoms with E-state index in [0.717, 1.165) is 6.42 Å². The number of hydrogen-bond acceptors (Lipinski definition) is 4.